The van der Waals surface area contributed by atoms with Crippen LogP contribution in [-0.2, 0) is 4.74 Å². The first kappa shape index (κ1) is 10.8. The van der Waals surface area contributed by atoms with Gasteiger partial charge in [-0.05, 0) is 18.5 Å². The Hall–Kier alpha value is -1.33. The summed E-state index contributed by atoms with van der Waals surface area (Å²) < 4.78 is 4.52. The smallest absolute Gasteiger partial charge is 0.465 e. The van der Waals surface area contributed by atoms with Crippen LogP contribution in [0, 0.1) is 6.92 Å². The SMILES string of the molecule is COC(=O)c1cc(C)ccc1B(O)O. The Balaban J connectivity index is 3.22. The first-order valence-electron chi connectivity index (χ1n) is 4.11. The van der Waals surface area contributed by atoms with Gasteiger partial charge in [-0.15, -0.1) is 0 Å². The van der Waals surface area contributed by atoms with Crippen LogP contribution in [0.15, 0.2) is 18.2 Å². The molecule has 1 rings (SSSR count). The number of aryl methyl sites for hydroxylation is 1. The summed E-state index contributed by atoms with van der Waals surface area (Å²) in [6, 6.07) is 4.74. The van der Waals surface area contributed by atoms with Crippen LogP contribution < -0.4 is 5.46 Å². The summed E-state index contributed by atoms with van der Waals surface area (Å²) >= 11 is 0. The maximum absolute atomic E-state index is 11.2. The molecular formula is C9H11BO4. The van der Waals surface area contributed by atoms with Gasteiger partial charge in [-0.25, -0.2) is 4.79 Å². The predicted molar refractivity (Wildman–Crippen MR) is 52.3 cm³/mol. The number of benzene rings is 1. The van der Waals surface area contributed by atoms with Crippen LogP contribution in [0.4, 0.5) is 0 Å². The summed E-state index contributed by atoms with van der Waals surface area (Å²) in [7, 11) is -0.414. The van der Waals surface area contributed by atoms with Crippen LogP contribution in [-0.4, -0.2) is 30.2 Å². The zero-order valence-electron chi connectivity index (χ0n) is 8.02. The van der Waals surface area contributed by atoms with E-state index in [0.29, 0.717) is 0 Å². The zero-order chi connectivity index (χ0) is 10.7. The summed E-state index contributed by atoms with van der Waals surface area (Å²) in [5.74, 6) is -0.572. The van der Waals surface area contributed by atoms with E-state index in [-0.39, 0.29) is 11.0 Å². The van der Waals surface area contributed by atoms with Gasteiger partial charge in [-0.3, -0.25) is 0 Å². The fourth-order valence-electron chi connectivity index (χ4n) is 1.18. The predicted octanol–water partition coefficient (Wildman–Crippen LogP) is -0.539. The molecule has 74 valence electrons. The van der Waals surface area contributed by atoms with E-state index in [0.717, 1.165) is 5.56 Å². The monoisotopic (exact) mass is 194 g/mol. The normalized spacial score (nSPS) is 9.71. The molecule has 0 amide bonds. The minimum atomic E-state index is -1.66. The van der Waals surface area contributed by atoms with Crippen molar-refractivity contribution in [1.29, 1.82) is 0 Å². The van der Waals surface area contributed by atoms with Crippen LogP contribution in [0.2, 0.25) is 0 Å². The summed E-state index contributed by atoms with van der Waals surface area (Å²) in [5.41, 5.74) is 1.19. The second-order valence-corrected chi connectivity index (χ2v) is 2.96. The maximum atomic E-state index is 11.2. The Morgan fingerprint density at radius 1 is 1.43 bits per heavy atom. The van der Waals surface area contributed by atoms with E-state index in [9.17, 15) is 4.79 Å². The lowest BCUT2D eigenvalue weighted by Gasteiger charge is -2.07. The van der Waals surface area contributed by atoms with Crippen LogP contribution >= 0.6 is 0 Å². The Kier molecular flexibility index (Phi) is 3.27. The Labute approximate surface area is 82.3 Å². The molecule has 0 atom stereocenters. The second kappa shape index (κ2) is 4.26. The molecule has 4 nitrogen and oxygen atoms in total. The first-order valence-corrected chi connectivity index (χ1v) is 4.11. The highest BCUT2D eigenvalue weighted by Gasteiger charge is 2.20. The van der Waals surface area contributed by atoms with Crippen molar-refractivity contribution in [1.82, 2.24) is 0 Å². The molecule has 1 aromatic carbocycles. The Morgan fingerprint density at radius 3 is 2.57 bits per heavy atom. The van der Waals surface area contributed by atoms with E-state index < -0.39 is 13.1 Å². The molecule has 0 saturated heterocycles. The summed E-state index contributed by atoms with van der Waals surface area (Å²) in [6.07, 6.45) is 0. The molecule has 0 aliphatic rings. The minimum absolute atomic E-state index is 0.155. The van der Waals surface area contributed by atoms with Crippen molar-refractivity contribution in [2.45, 2.75) is 6.92 Å². The lowest BCUT2D eigenvalue weighted by atomic mass is 9.76. The third-order valence-corrected chi connectivity index (χ3v) is 1.89. The summed E-state index contributed by atoms with van der Waals surface area (Å²) in [4.78, 5) is 11.2. The molecule has 0 saturated carbocycles. The van der Waals surface area contributed by atoms with Crippen molar-refractivity contribution in [3.8, 4) is 0 Å². The molecule has 1 aromatic rings. The van der Waals surface area contributed by atoms with E-state index in [1.54, 1.807) is 19.1 Å². The van der Waals surface area contributed by atoms with Gasteiger partial charge in [0.25, 0.3) is 0 Å². The fourth-order valence-corrected chi connectivity index (χ4v) is 1.18. The van der Waals surface area contributed by atoms with E-state index in [2.05, 4.69) is 4.74 Å². The van der Waals surface area contributed by atoms with Crippen molar-refractivity contribution in [3.63, 3.8) is 0 Å². The second-order valence-electron chi connectivity index (χ2n) is 2.96. The number of esters is 1. The van der Waals surface area contributed by atoms with E-state index in [1.807, 2.05) is 0 Å². The molecule has 2 N–H and O–H groups in total. The van der Waals surface area contributed by atoms with Crippen LogP contribution in [0.3, 0.4) is 0 Å². The highest BCUT2D eigenvalue weighted by atomic mass is 16.5. The van der Waals surface area contributed by atoms with Crippen molar-refractivity contribution >= 4 is 18.6 Å². The molecule has 0 aromatic heterocycles. The average molecular weight is 194 g/mol. The van der Waals surface area contributed by atoms with Gasteiger partial charge in [0.15, 0.2) is 0 Å². The number of carbonyl (C=O) groups is 1. The Morgan fingerprint density at radius 2 is 2.07 bits per heavy atom. The summed E-state index contributed by atoms with van der Waals surface area (Å²) in [5, 5.41) is 18.0. The molecule has 0 radical (unpaired) electrons. The van der Waals surface area contributed by atoms with Gasteiger partial charge in [0, 0.05) is 0 Å². The van der Waals surface area contributed by atoms with Crippen molar-refractivity contribution < 1.29 is 19.6 Å². The van der Waals surface area contributed by atoms with Crippen molar-refractivity contribution in [3.05, 3.63) is 29.3 Å². The van der Waals surface area contributed by atoms with Gasteiger partial charge in [0.2, 0.25) is 0 Å². The highest BCUT2D eigenvalue weighted by molar-refractivity contribution is 6.60. The molecule has 0 aliphatic heterocycles. The topological polar surface area (TPSA) is 66.8 Å². The lowest BCUT2D eigenvalue weighted by Crippen LogP contribution is -2.35. The standard InChI is InChI=1S/C9H11BO4/c1-6-3-4-8(10(12)13)7(5-6)9(11)14-2/h3-5,12-13H,1-2H3. The van der Waals surface area contributed by atoms with Gasteiger partial charge in [0.1, 0.15) is 0 Å². The first-order chi connectivity index (χ1) is 6.56. The zero-order valence-corrected chi connectivity index (χ0v) is 8.02. The molecule has 0 fully saturated rings. The number of hydrogen-bond donors (Lipinski definition) is 2. The number of rotatable bonds is 2. The van der Waals surface area contributed by atoms with E-state index in [4.69, 9.17) is 10.0 Å². The average Bonchev–Trinajstić information content (AvgIpc) is 2.16. The number of carbonyl (C=O) groups excluding carboxylic acids is 1. The van der Waals surface area contributed by atoms with Gasteiger partial charge in [0.05, 0.1) is 12.7 Å². The number of methoxy groups -OCH3 is 1. The highest BCUT2D eigenvalue weighted by Crippen LogP contribution is 2.03. The van der Waals surface area contributed by atoms with Crippen molar-refractivity contribution in [2.24, 2.45) is 0 Å². The molecule has 0 aliphatic carbocycles. The number of hydrogen-bond acceptors (Lipinski definition) is 4. The van der Waals surface area contributed by atoms with Crippen LogP contribution in [0.1, 0.15) is 15.9 Å². The number of ether oxygens (including phenoxy) is 1. The largest absolute Gasteiger partial charge is 0.489 e. The molecule has 14 heavy (non-hydrogen) atoms. The fraction of sp³-hybridized carbons (Fsp3) is 0.222. The lowest BCUT2D eigenvalue weighted by molar-refractivity contribution is 0.0601. The molecule has 0 bridgehead atoms. The quantitative estimate of drug-likeness (QED) is 0.490. The molecule has 0 heterocycles. The molecule has 0 spiro atoms. The molecule has 5 heteroatoms. The van der Waals surface area contributed by atoms with Crippen LogP contribution in [0.25, 0.3) is 0 Å². The minimum Gasteiger partial charge on any atom is -0.465 e. The van der Waals surface area contributed by atoms with Gasteiger partial charge < -0.3 is 14.8 Å². The van der Waals surface area contributed by atoms with E-state index in [1.165, 1.54) is 13.2 Å². The molecular weight excluding hydrogens is 183 g/mol. The van der Waals surface area contributed by atoms with Gasteiger partial charge >= 0.3 is 13.1 Å². The van der Waals surface area contributed by atoms with Gasteiger partial charge in [-0.2, -0.15) is 0 Å². The van der Waals surface area contributed by atoms with Gasteiger partial charge in [-0.1, -0.05) is 17.7 Å². The Bertz CT molecular complexity index is 349. The van der Waals surface area contributed by atoms with E-state index >= 15 is 0 Å². The van der Waals surface area contributed by atoms with Crippen molar-refractivity contribution in [2.75, 3.05) is 7.11 Å². The third kappa shape index (κ3) is 2.13. The summed E-state index contributed by atoms with van der Waals surface area (Å²) in [6.45, 7) is 1.81. The van der Waals surface area contributed by atoms with Crippen LogP contribution in [0.5, 0.6) is 0 Å². The molecule has 0 unspecified atom stereocenters. The third-order valence-electron chi connectivity index (χ3n) is 1.89. The maximum Gasteiger partial charge on any atom is 0.489 e.